The molecule has 2 amide bonds. The number of rotatable bonds is 5. The molecule has 2 aliphatic heterocycles. The quantitative estimate of drug-likeness (QED) is 0.633. The molecule has 0 saturated carbocycles. The third-order valence-corrected chi connectivity index (χ3v) is 6.50. The number of carbonyl (C=O) groups is 2. The van der Waals surface area contributed by atoms with Gasteiger partial charge in [-0.05, 0) is 56.3 Å². The van der Waals surface area contributed by atoms with E-state index in [0.717, 1.165) is 23.9 Å². The van der Waals surface area contributed by atoms with Crippen LogP contribution < -0.4 is 5.32 Å². The Kier molecular flexibility index (Phi) is 5.99. The molecule has 0 atom stereocenters. The number of nitrogens with zero attached hydrogens (tertiary/aromatic N) is 7. The van der Waals surface area contributed by atoms with Gasteiger partial charge in [-0.25, -0.2) is 4.98 Å². The van der Waals surface area contributed by atoms with Crippen molar-refractivity contribution in [3.8, 4) is 11.4 Å². The number of hydrogen-bond acceptors (Lipinski definition) is 7. The van der Waals surface area contributed by atoms with Crippen molar-refractivity contribution < 1.29 is 9.59 Å². The summed E-state index contributed by atoms with van der Waals surface area (Å²) in [5.74, 6) is 0.526. The summed E-state index contributed by atoms with van der Waals surface area (Å²) in [7, 11) is 1.81. The summed E-state index contributed by atoms with van der Waals surface area (Å²) in [5, 5.41) is 12.8. The summed E-state index contributed by atoms with van der Waals surface area (Å²) in [5.41, 5.74) is 1.40. The Hall–Kier alpha value is -3.40. The molecule has 10 heteroatoms. The van der Waals surface area contributed by atoms with Gasteiger partial charge >= 0.3 is 0 Å². The fourth-order valence-electron chi connectivity index (χ4n) is 4.56. The SMILES string of the molecule is Cn1cc(-c2cc3cc(NC(=O)C4CCN(C(=O)CN5CCCC5)CC4)ncc3cn2)nn1. The molecule has 10 nitrogen and oxygen atoms in total. The van der Waals surface area contributed by atoms with Gasteiger partial charge in [-0.2, -0.15) is 0 Å². The second kappa shape index (κ2) is 9.22. The van der Waals surface area contributed by atoms with E-state index in [1.54, 1.807) is 23.3 Å². The maximum absolute atomic E-state index is 12.9. The summed E-state index contributed by atoms with van der Waals surface area (Å²) >= 11 is 0. The molecule has 1 N–H and O–H groups in total. The van der Waals surface area contributed by atoms with Crippen molar-refractivity contribution in [3.63, 3.8) is 0 Å². The molecule has 3 aromatic heterocycles. The van der Waals surface area contributed by atoms with Gasteiger partial charge in [0.1, 0.15) is 11.5 Å². The van der Waals surface area contributed by atoms with Gasteiger partial charge in [0, 0.05) is 43.8 Å². The normalized spacial score (nSPS) is 17.5. The predicted molar refractivity (Wildman–Crippen MR) is 123 cm³/mol. The Labute approximate surface area is 192 Å². The number of likely N-dealkylation sites (tertiary alicyclic amines) is 2. The van der Waals surface area contributed by atoms with Crippen LogP contribution in [0.2, 0.25) is 0 Å². The van der Waals surface area contributed by atoms with Crippen LogP contribution in [-0.2, 0) is 16.6 Å². The summed E-state index contributed by atoms with van der Waals surface area (Å²) < 4.78 is 1.63. The lowest BCUT2D eigenvalue weighted by molar-refractivity contribution is -0.135. The number of nitrogens with one attached hydrogen (secondary N) is 1. The van der Waals surface area contributed by atoms with E-state index in [1.165, 1.54) is 12.8 Å². The second-order valence-electron chi connectivity index (χ2n) is 8.89. The Bertz CT molecular complexity index is 1160. The van der Waals surface area contributed by atoms with E-state index in [0.29, 0.717) is 49.7 Å². The second-order valence-corrected chi connectivity index (χ2v) is 8.89. The van der Waals surface area contributed by atoms with Crippen LogP contribution in [0.25, 0.3) is 22.2 Å². The minimum atomic E-state index is -0.120. The first-order chi connectivity index (χ1) is 16.0. The zero-order valence-electron chi connectivity index (χ0n) is 18.8. The van der Waals surface area contributed by atoms with E-state index in [1.807, 2.05) is 24.1 Å². The van der Waals surface area contributed by atoms with Gasteiger partial charge in [0.05, 0.1) is 18.4 Å². The summed E-state index contributed by atoms with van der Waals surface area (Å²) in [4.78, 5) is 38.3. The average Bonchev–Trinajstić information content (AvgIpc) is 3.50. The maximum Gasteiger partial charge on any atom is 0.236 e. The fourth-order valence-corrected chi connectivity index (χ4v) is 4.56. The standard InChI is InChI=1S/C23H28N8O2/c1-29-14-20(27-28-29)19-10-17-11-21(25-13-18(17)12-24-19)26-23(33)16-4-8-31(9-5-16)22(32)15-30-6-2-3-7-30/h10-14,16H,2-9,15H2,1H3,(H,25,26,33). The minimum absolute atomic E-state index is 0.0447. The highest BCUT2D eigenvalue weighted by Gasteiger charge is 2.28. The van der Waals surface area contributed by atoms with E-state index in [9.17, 15) is 9.59 Å². The molecule has 172 valence electrons. The molecular weight excluding hydrogens is 420 g/mol. The van der Waals surface area contributed by atoms with Crippen LogP contribution in [0.15, 0.2) is 30.7 Å². The van der Waals surface area contributed by atoms with Crippen LogP contribution in [0.1, 0.15) is 25.7 Å². The molecule has 5 heterocycles. The van der Waals surface area contributed by atoms with Crippen LogP contribution in [0.4, 0.5) is 5.82 Å². The molecular formula is C23H28N8O2. The number of carbonyl (C=O) groups excluding carboxylic acids is 2. The van der Waals surface area contributed by atoms with E-state index >= 15 is 0 Å². The smallest absolute Gasteiger partial charge is 0.236 e. The number of amides is 2. The van der Waals surface area contributed by atoms with Gasteiger partial charge in [-0.15, -0.1) is 5.10 Å². The van der Waals surface area contributed by atoms with Crippen LogP contribution in [0, 0.1) is 5.92 Å². The van der Waals surface area contributed by atoms with E-state index < -0.39 is 0 Å². The molecule has 0 bridgehead atoms. The van der Waals surface area contributed by atoms with E-state index in [4.69, 9.17) is 0 Å². The van der Waals surface area contributed by atoms with Crippen molar-refractivity contribution >= 4 is 28.4 Å². The van der Waals surface area contributed by atoms with Crippen LogP contribution >= 0.6 is 0 Å². The van der Waals surface area contributed by atoms with Gasteiger partial charge in [0.25, 0.3) is 0 Å². The molecule has 2 fully saturated rings. The van der Waals surface area contributed by atoms with Gasteiger partial charge in [-0.1, -0.05) is 5.21 Å². The largest absolute Gasteiger partial charge is 0.342 e. The van der Waals surface area contributed by atoms with E-state index in [-0.39, 0.29) is 17.7 Å². The lowest BCUT2D eigenvalue weighted by Gasteiger charge is -2.32. The van der Waals surface area contributed by atoms with Crippen molar-refractivity contribution in [2.24, 2.45) is 13.0 Å². The van der Waals surface area contributed by atoms with Crippen molar-refractivity contribution in [1.29, 1.82) is 0 Å². The highest BCUT2D eigenvalue weighted by molar-refractivity contribution is 5.94. The molecule has 33 heavy (non-hydrogen) atoms. The van der Waals surface area contributed by atoms with Gasteiger partial charge < -0.3 is 10.2 Å². The molecule has 3 aromatic rings. The third kappa shape index (κ3) is 4.85. The topological polar surface area (TPSA) is 109 Å². The van der Waals surface area contributed by atoms with E-state index in [2.05, 4.69) is 30.5 Å². The number of aryl methyl sites for hydroxylation is 1. The summed E-state index contributed by atoms with van der Waals surface area (Å²) in [6.45, 7) is 3.79. The van der Waals surface area contributed by atoms with Crippen LogP contribution in [0.3, 0.4) is 0 Å². The third-order valence-electron chi connectivity index (χ3n) is 6.50. The zero-order valence-corrected chi connectivity index (χ0v) is 18.8. The van der Waals surface area contributed by atoms with Gasteiger partial charge in [-0.3, -0.25) is 24.2 Å². The maximum atomic E-state index is 12.9. The summed E-state index contributed by atoms with van der Waals surface area (Å²) in [6, 6.07) is 3.77. The van der Waals surface area contributed by atoms with Gasteiger partial charge in [0.15, 0.2) is 0 Å². The molecule has 2 aliphatic rings. The van der Waals surface area contributed by atoms with Crippen molar-refractivity contribution in [2.45, 2.75) is 25.7 Å². The highest BCUT2D eigenvalue weighted by atomic mass is 16.2. The van der Waals surface area contributed by atoms with Gasteiger partial charge in [0.2, 0.25) is 11.8 Å². The Morgan fingerprint density at radius 3 is 2.48 bits per heavy atom. The lowest BCUT2D eigenvalue weighted by Crippen LogP contribution is -2.45. The molecule has 0 unspecified atom stereocenters. The van der Waals surface area contributed by atoms with Crippen molar-refractivity contribution in [2.75, 3.05) is 38.0 Å². The lowest BCUT2D eigenvalue weighted by atomic mass is 9.96. The Morgan fingerprint density at radius 2 is 1.76 bits per heavy atom. The molecule has 5 rings (SSSR count). The number of pyridine rings is 2. The molecule has 2 saturated heterocycles. The first kappa shape index (κ1) is 21.4. The number of aromatic nitrogens is 5. The number of anilines is 1. The monoisotopic (exact) mass is 448 g/mol. The van der Waals surface area contributed by atoms with Crippen LogP contribution in [0.5, 0.6) is 0 Å². The minimum Gasteiger partial charge on any atom is -0.342 e. The fraction of sp³-hybridized carbons (Fsp3) is 0.478. The first-order valence-electron chi connectivity index (χ1n) is 11.5. The zero-order chi connectivity index (χ0) is 22.8. The molecule has 0 aliphatic carbocycles. The van der Waals surface area contributed by atoms with Crippen molar-refractivity contribution in [1.82, 2.24) is 34.8 Å². The number of hydrogen-bond donors (Lipinski definition) is 1. The summed E-state index contributed by atoms with van der Waals surface area (Å²) in [6.07, 6.45) is 8.95. The highest BCUT2D eigenvalue weighted by Crippen LogP contribution is 2.23. The Morgan fingerprint density at radius 1 is 1.00 bits per heavy atom. The predicted octanol–water partition coefficient (Wildman–Crippen LogP) is 1.70. The number of piperidine rings is 1. The molecule has 0 radical (unpaired) electrons. The van der Waals surface area contributed by atoms with Crippen molar-refractivity contribution in [3.05, 3.63) is 30.7 Å². The molecule has 0 spiro atoms. The van der Waals surface area contributed by atoms with Crippen LogP contribution in [-0.4, -0.2) is 79.3 Å². The Balaban J connectivity index is 1.19. The average molecular weight is 449 g/mol. The molecule has 0 aromatic carbocycles. The first-order valence-corrected chi connectivity index (χ1v) is 11.5. The number of fused-ring (bicyclic) bond motifs is 1.